The fourth-order valence-corrected chi connectivity index (χ4v) is 2.44. The number of nitrogens with one attached hydrogen (secondary N) is 1. The van der Waals surface area contributed by atoms with Gasteiger partial charge in [0.2, 0.25) is 5.91 Å². The van der Waals surface area contributed by atoms with Crippen LogP contribution in [0.4, 0.5) is 0 Å². The summed E-state index contributed by atoms with van der Waals surface area (Å²) in [7, 11) is 0. The minimum atomic E-state index is -0.538. The number of carbonyl (C=O) groups excluding carboxylic acids is 1. The maximum atomic E-state index is 12.1. The highest BCUT2D eigenvalue weighted by Gasteiger charge is 2.25. The minimum Gasteiger partial charge on any atom is -0.493 e. The number of benzene rings is 1. The molecule has 0 spiro atoms. The lowest BCUT2D eigenvalue weighted by atomic mass is 9.88. The van der Waals surface area contributed by atoms with Crippen LogP contribution >= 0.6 is 0 Å². The van der Waals surface area contributed by atoms with E-state index in [4.69, 9.17) is 4.74 Å². The Hall–Kier alpha value is -1.55. The average Bonchev–Trinajstić information content (AvgIpc) is 2.44. The van der Waals surface area contributed by atoms with Crippen molar-refractivity contribution in [3.8, 4) is 5.75 Å². The Labute approximate surface area is 126 Å². The molecule has 1 aliphatic rings. The summed E-state index contributed by atoms with van der Waals surface area (Å²) >= 11 is 0. The number of carbonyl (C=O) groups is 1. The van der Waals surface area contributed by atoms with Crippen LogP contribution in [0.15, 0.2) is 24.3 Å². The standard InChI is InChI=1S/C17H25NO3/c1-17(2,3)15(19)11-18-16(20)10-12-8-9-21-14-7-5-4-6-13(12)14/h4-7,12,15,19H,8-11H2,1-3H3,(H,18,20). The number of amides is 1. The number of aliphatic hydroxyl groups is 1. The van der Waals surface area contributed by atoms with Gasteiger partial charge in [-0.1, -0.05) is 39.0 Å². The second-order valence-corrected chi connectivity index (χ2v) is 6.76. The molecule has 4 heteroatoms. The van der Waals surface area contributed by atoms with E-state index in [1.54, 1.807) is 0 Å². The molecule has 1 amide bonds. The van der Waals surface area contributed by atoms with Crippen molar-refractivity contribution in [3.63, 3.8) is 0 Å². The zero-order valence-electron chi connectivity index (χ0n) is 13.1. The van der Waals surface area contributed by atoms with E-state index in [0.717, 1.165) is 17.7 Å². The molecule has 2 atom stereocenters. The van der Waals surface area contributed by atoms with Crippen molar-refractivity contribution in [1.29, 1.82) is 0 Å². The second kappa shape index (κ2) is 6.48. The van der Waals surface area contributed by atoms with Gasteiger partial charge in [0.1, 0.15) is 5.75 Å². The number of aliphatic hydroxyl groups excluding tert-OH is 1. The Kier molecular flexibility index (Phi) is 4.88. The Morgan fingerprint density at radius 3 is 2.86 bits per heavy atom. The molecule has 116 valence electrons. The first-order chi connectivity index (χ1) is 9.88. The van der Waals surface area contributed by atoms with Crippen molar-refractivity contribution in [2.45, 2.75) is 45.6 Å². The summed E-state index contributed by atoms with van der Waals surface area (Å²) in [4.78, 5) is 12.1. The van der Waals surface area contributed by atoms with Crippen LogP contribution in [0.2, 0.25) is 0 Å². The summed E-state index contributed by atoms with van der Waals surface area (Å²) in [6, 6.07) is 7.89. The van der Waals surface area contributed by atoms with E-state index in [1.807, 2.05) is 45.0 Å². The minimum absolute atomic E-state index is 0.0139. The van der Waals surface area contributed by atoms with Crippen LogP contribution < -0.4 is 10.1 Å². The number of hydrogen-bond donors (Lipinski definition) is 2. The summed E-state index contributed by atoms with van der Waals surface area (Å²) in [5.74, 6) is 1.07. The molecule has 2 N–H and O–H groups in total. The molecule has 0 aliphatic carbocycles. The van der Waals surface area contributed by atoms with Gasteiger partial charge in [-0.05, 0) is 29.4 Å². The number of ether oxygens (including phenoxy) is 1. The number of rotatable bonds is 4. The van der Waals surface area contributed by atoms with Crippen molar-refractivity contribution in [3.05, 3.63) is 29.8 Å². The predicted octanol–water partition coefficient (Wildman–Crippen LogP) is 2.47. The quantitative estimate of drug-likeness (QED) is 0.896. The molecule has 0 bridgehead atoms. The van der Waals surface area contributed by atoms with Gasteiger partial charge in [0.05, 0.1) is 12.7 Å². The largest absolute Gasteiger partial charge is 0.493 e. The number of fused-ring (bicyclic) bond motifs is 1. The molecule has 1 aromatic rings. The second-order valence-electron chi connectivity index (χ2n) is 6.76. The van der Waals surface area contributed by atoms with E-state index in [9.17, 15) is 9.90 Å². The highest BCUT2D eigenvalue weighted by atomic mass is 16.5. The lowest BCUT2D eigenvalue weighted by Crippen LogP contribution is -2.39. The summed E-state index contributed by atoms with van der Waals surface area (Å²) < 4.78 is 5.61. The maximum absolute atomic E-state index is 12.1. The van der Waals surface area contributed by atoms with Crippen LogP contribution in [0.25, 0.3) is 0 Å². The number of para-hydroxylation sites is 1. The fraction of sp³-hybridized carbons (Fsp3) is 0.588. The van der Waals surface area contributed by atoms with Gasteiger partial charge in [0.25, 0.3) is 0 Å². The molecule has 0 saturated carbocycles. The van der Waals surface area contributed by atoms with Gasteiger partial charge in [-0.25, -0.2) is 0 Å². The van der Waals surface area contributed by atoms with E-state index in [-0.39, 0.29) is 17.2 Å². The van der Waals surface area contributed by atoms with Crippen LogP contribution in [0.1, 0.15) is 45.1 Å². The van der Waals surface area contributed by atoms with Crippen LogP contribution in [0.3, 0.4) is 0 Å². The molecule has 1 aliphatic heterocycles. The van der Waals surface area contributed by atoms with Gasteiger partial charge >= 0.3 is 0 Å². The molecule has 2 rings (SSSR count). The van der Waals surface area contributed by atoms with Crippen LogP contribution in [-0.2, 0) is 4.79 Å². The average molecular weight is 291 g/mol. The summed E-state index contributed by atoms with van der Waals surface area (Å²) in [5, 5.41) is 12.8. The van der Waals surface area contributed by atoms with Gasteiger partial charge in [-0.2, -0.15) is 0 Å². The lowest BCUT2D eigenvalue weighted by molar-refractivity contribution is -0.122. The first-order valence-electron chi connectivity index (χ1n) is 7.54. The SMILES string of the molecule is CC(C)(C)C(O)CNC(=O)CC1CCOc2ccccc21. The summed E-state index contributed by atoms with van der Waals surface area (Å²) in [6.07, 6.45) is 0.757. The smallest absolute Gasteiger partial charge is 0.220 e. The van der Waals surface area contributed by atoms with Crippen molar-refractivity contribution in [2.75, 3.05) is 13.2 Å². The molecule has 21 heavy (non-hydrogen) atoms. The molecule has 1 heterocycles. The van der Waals surface area contributed by atoms with E-state index in [0.29, 0.717) is 19.6 Å². The van der Waals surface area contributed by atoms with E-state index in [2.05, 4.69) is 5.32 Å². The molecular weight excluding hydrogens is 266 g/mol. The summed E-state index contributed by atoms with van der Waals surface area (Å²) in [5.41, 5.74) is 0.883. The topological polar surface area (TPSA) is 58.6 Å². The van der Waals surface area contributed by atoms with E-state index < -0.39 is 6.10 Å². The number of hydrogen-bond acceptors (Lipinski definition) is 3. The first-order valence-corrected chi connectivity index (χ1v) is 7.54. The van der Waals surface area contributed by atoms with Gasteiger partial charge in [-0.15, -0.1) is 0 Å². The Bertz CT molecular complexity index is 493. The maximum Gasteiger partial charge on any atom is 0.220 e. The highest BCUT2D eigenvalue weighted by Crippen LogP contribution is 2.35. The molecule has 0 radical (unpaired) electrons. The third kappa shape index (κ3) is 4.21. The molecule has 0 saturated heterocycles. The van der Waals surface area contributed by atoms with Gasteiger partial charge in [-0.3, -0.25) is 4.79 Å². The Morgan fingerprint density at radius 1 is 1.43 bits per heavy atom. The molecular formula is C17H25NO3. The monoisotopic (exact) mass is 291 g/mol. The highest BCUT2D eigenvalue weighted by molar-refractivity contribution is 5.77. The molecule has 0 aromatic heterocycles. The van der Waals surface area contributed by atoms with Gasteiger partial charge in [0.15, 0.2) is 0 Å². The van der Waals surface area contributed by atoms with Gasteiger partial charge in [0, 0.05) is 13.0 Å². The fourth-order valence-electron chi connectivity index (χ4n) is 2.44. The first kappa shape index (κ1) is 15.8. The third-order valence-electron chi connectivity index (χ3n) is 4.01. The van der Waals surface area contributed by atoms with Crippen molar-refractivity contribution < 1.29 is 14.6 Å². The Morgan fingerprint density at radius 2 is 2.14 bits per heavy atom. The van der Waals surface area contributed by atoms with Crippen LogP contribution in [0, 0.1) is 5.41 Å². The zero-order valence-corrected chi connectivity index (χ0v) is 13.1. The molecule has 4 nitrogen and oxygen atoms in total. The van der Waals surface area contributed by atoms with Crippen molar-refractivity contribution in [2.24, 2.45) is 5.41 Å². The third-order valence-corrected chi connectivity index (χ3v) is 4.01. The van der Waals surface area contributed by atoms with Crippen molar-refractivity contribution in [1.82, 2.24) is 5.32 Å². The van der Waals surface area contributed by atoms with Gasteiger partial charge < -0.3 is 15.2 Å². The molecule has 1 aromatic carbocycles. The van der Waals surface area contributed by atoms with Crippen LogP contribution in [-0.4, -0.2) is 30.3 Å². The zero-order chi connectivity index (χ0) is 15.5. The van der Waals surface area contributed by atoms with Crippen LogP contribution in [0.5, 0.6) is 5.75 Å². The molecule has 2 unspecified atom stereocenters. The lowest BCUT2D eigenvalue weighted by Gasteiger charge is -2.27. The Balaban J connectivity index is 1.90. The summed E-state index contributed by atoms with van der Waals surface area (Å²) in [6.45, 7) is 6.82. The van der Waals surface area contributed by atoms with Crippen molar-refractivity contribution >= 4 is 5.91 Å². The van der Waals surface area contributed by atoms with E-state index in [1.165, 1.54) is 0 Å². The predicted molar refractivity (Wildman–Crippen MR) is 82.4 cm³/mol. The molecule has 0 fully saturated rings. The van der Waals surface area contributed by atoms with E-state index >= 15 is 0 Å². The normalized spacial score (nSPS) is 19.3.